The SMILES string of the molecule is CCc1sc(C(=O)Nc2c(F)ccc(-c3cn(C)c(=O)c(Nc4ccc(N5CCN(C)CC5)cc4)n3)c2F)cc1C(C)C. The summed E-state index contributed by atoms with van der Waals surface area (Å²) in [6, 6.07) is 11.8. The van der Waals surface area contributed by atoms with Crippen molar-refractivity contribution in [2.45, 2.75) is 33.1 Å². The lowest BCUT2D eigenvalue weighted by atomic mass is 10.0. The summed E-state index contributed by atoms with van der Waals surface area (Å²) in [5, 5.41) is 5.47. The molecule has 8 nitrogen and oxygen atoms in total. The number of carbonyl (C=O) groups is 1. The average molecular weight is 607 g/mol. The first-order valence-corrected chi connectivity index (χ1v) is 15.2. The van der Waals surface area contributed by atoms with Crippen LogP contribution in [0.25, 0.3) is 11.3 Å². The number of thiophene rings is 1. The van der Waals surface area contributed by atoms with Crippen molar-refractivity contribution in [3.05, 3.63) is 86.0 Å². The van der Waals surface area contributed by atoms with Gasteiger partial charge in [-0.05, 0) is 67.4 Å². The van der Waals surface area contributed by atoms with Gasteiger partial charge in [-0.15, -0.1) is 11.3 Å². The summed E-state index contributed by atoms with van der Waals surface area (Å²) in [7, 11) is 3.64. The number of aryl methyl sites for hydroxylation is 2. The molecule has 0 spiro atoms. The Hall–Kier alpha value is -4.09. The van der Waals surface area contributed by atoms with E-state index in [1.54, 1.807) is 6.07 Å². The number of rotatable bonds is 8. The van der Waals surface area contributed by atoms with Gasteiger partial charge < -0.3 is 25.0 Å². The third-order valence-electron chi connectivity index (χ3n) is 7.68. The number of anilines is 4. The number of nitrogens with zero attached hydrogens (tertiary/aromatic N) is 4. The van der Waals surface area contributed by atoms with Crippen molar-refractivity contribution in [2.24, 2.45) is 7.05 Å². The summed E-state index contributed by atoms with van der Waals surface area (Å²) < 4.78 is 31.9. The zero-order valence-corrected chi connectivity index (χ0v) is 25.8. The van der Waals surface area contributed by atoms with Crippen LogP contribution in [0.5, 0.6) is 0 Å². The standard InChI is InChI=1S/C32H36F2N6O2S/c1-6-26-23(19(2)3)17-27(43-26)31(41)37-29-24(33)12-11-22(28(29)34)25-18-39(5)32(42)30(36-25)35-20-7-9-21(10-8-20)40-15-13-38(4)14-16-40/h7-12,17-19H,6,13-16H2,1-5H3,(H,35,36)(H,37,41). The van der Waals surface area contributed by atoms with E-state index in [-0.39, 0.29) is 23.0 Å². The fourth-order valence-corrected chi connectivity index (χ4v) is 6.29. The minimum absolute atomic E-state index is 0.00597. The van der Waals surface area contributed by atoms with E-state index in [0.717, 1.165) is 54.8 Å². The van der Waals surface area contributed by atoms with Crippen LogP contribution in [0.3, 0.4) is 0 Å². The van der Waals surface area contributed by atoms with Crippen LogP contribution in [0.4, 0.5) is 31.7 Å². The molecule has 1 aliphatic heterocycles. The average Bonchev–Trinajstić information content (AvgIpc) is 3.44. The van der Waals surface area contributed by atoms with Gasteiger partial charge in [0.2, 0.25) is 0 Å². The molecule has 3 heterocycles. The van der Waals surface area contributed by atoms with Gasteiger partial charge in [0.05, 0.1) is 10.6 Å². The monoisotopic (exact) mass is 606 g/mol. The normalized spacial score (nSPS) is 13.9. The molecule has 43 heavy (non-hydrogen) atoms. The molecule has 0 unspecified atom stereocenters. The molecule has 1 amide bonds. The number of hydrogen-bond acceptors (Lipinski definition) is 7. The summed E-state index contributed by atoms with van der Waals surface area (Å²) in [6.07, 6.45) is 2.15. The summed E-state index contributed by atoms with van der Waals surface area (Å²) in [5.41, 5.74) is 1.87. The predicted molar refractivity (Wildman–Crippen MR) is 170 cm³/mol. The molecule has 0 atom stereocenters. The van der Waals surface area contributed by atoms with Gasteiger partial charge in [0, 0.05) is 61.2 Å². The number of amides is 1. The maximum absolute atomic E-state index is 15.8. The van der Waals surface area contributed by atoms with Crippen molar-refractivity contribution >= 4 is 40.1 Å². The summed E-state index contributed by atoms with van der Waals surface area (Å²) in [5.74, 6) is -2.25. The van der Waals surface area contributed by atoms with E-state index >= 15 is 4.39 Å². The lowest BCUT2D eigenvalue weighted by molar-refractivity contribution is 0.102. The first kappa shape index (κ1) is 30.4. The Morgan fingerprint density at radius 1 is 1.05 bits per heavy atom. The van der Waals surface area contributed by atoms with Crippen molar-refractivity contribution < 1.29 is 13.6 Å². The smallest absolute Gasteiger partial charge is 0.293 e. The molecular formula is C32H36F2N6O2S. The number of carbonyl (C=O) groups excluding carboxylic acids is 1. The van der Waals surface area contributed by atoms with Gasteiger partial charge >= 0.3 is 0 Å². The Labute approximate surface area is 254 Å². The molecule has 2 N–H and O–H groups in total. The Balaban J connectivity index is 1.40. The third-order valence-corrected chi connectivity index (χ3v) is 8.98. The van der Waals surface area contributed by atoms with E-state index in [9.17, 15) is 14.0 Å². The first-order valence-electron chi connectivity index (χ1n) is 14.4. The largest absolute Gasteiger partial charge is 0.369 e. The molecule has 2 aromatic heterocycles. The highest BCUT2D eigenvalue weighted by Gasteiger charge is 2.22. The van der Waals surface area contributed by atoms with Crippen LogP contribution < -0.4 is 21.1 Å². The van der Waals surface area contributed by atoms with Crippen LogP contribution in [0.15, 0.2) is 53.5 Å². The van der Waals surface area contributed by atoms with Gasteiger partial charge in [0.25, 0.3) is 11.5 Å². The van der Waals surface area contributed by atoms with Gasteiger partial charge in [0.1, 0.15) is 11.5 Å². The van der Waals surface area contributed by atoms with Gasteiger partial charge in [-0.25, -0.2) is 13.8 Å². The third kappa shape index (κ3) is 6.47. The Kier molecular flexibility index (Phi) is 8.93. The molecular weight excluding hydrogens is 570 g/mol. The van der Waals surface area contributed by atoms with E-state index in [2.05, 4.69) is 32.5 Å². The molecule has 1 fully saturated rings. The van der Waals surface area contributed by atoms with Gasteiger partial charge in [0.15, 0.2) is 11.6 Å². The molecule has 2 aromatic carbocycles. The zero-order chi connectivity index (χ0) is 30.8. The van der Waals surface area contributed by atoms with Gasteiger partial charge in [-0.2, -0.15) is 0 Å². The van der Waals surface area contributed by atoms with Gasteiger partial charge in [-0.3, -0.25) is 9.59 Å². The molecule has 11 heteroatoms. The molecule has 1 aliphatic rings. The lowest BCUT2D eigenvalue weighted by Gasteiger charge is -2.34. The quantitative estimate of drug-likeness (QED) is 0.248. The highest BCUT2D eigenvalue weighted by Crippen LogP contribution is 2.33. The minimum atomic E-state index is -0.974. The topological polar surface area (TPSA) is 82.5 Å². The maximum atomic E-state index is 15.8. The van der Waals surface area contributed by atoms with Crippen LogP contribution >= 0.6 is 11.3 Å². The summed E-state index contributed by atoms with van der Waals surface area (Å²) >= 11 is 1.32. The molecule has 226 valence electrons. The summed E-state index contributed by atoms with van der Waals surface area (Å²) in [6.45, 7) is 9.94. The number of halogens is 2. The van der Waals surface area contributed by atoms with Crippen LogP contribution in [0.2, 0.25) is 0 Å². The molecule has 5 rings (SSSR count). The fraction of sp³-hybridized carbons (Fsp3) is 0.344. The van der Waals surface area contributed by atoms with Gasteiger partial charge in [-0.1, -0.05) is 20.8 Å². The second-order valence-corrected chi connectivity index (χ2v) is 12.2. The molecule has 0 bridgehead atoms. The second kappa shape index (κ2) is 12.6. The second-order valence-electron chi connectivity index (χ2n) is 11.1. The van der Waals surface area contributed by atoms with Crippen molar-refractivity contribution in [1.82, 2.24) is 14.5 Å². The maximum Gasteiger partial charge on any atom is 0.293 e. The van der Waals surface area contributed by atoms with Crippen LogP contribution in [0, 0.1) is 11.6 Å². The Morgan fingerprint density at radius 2 is 1.74 bits per heavy atom. The van der Waals surface area contributed by atoms with Crippen molar-refractivity contribution in [1.29, 1.82) is 0 Å². The van der Waals surface area contributed by atoms with Crippen LogP contribution in [-0.4, -0.2) is 53.6 Å². The minimum Gasteiger partial charge on any atom is -0.369 e. The summed E-state index contributed by atoms with van der Waals surface area (Å²) in [4.78, 5) is 36.4. The van der Waals surface area contributed by atoms with Crippen molar-refractivity contribution in [3.63, 3.8) is 0 Å². The number of hydrogen-bond donors (Lipinski definition) is 2. The number of likely N-dealkylation sites (N-methyl/N-ethyl adjacent to an activating group) is 1. The number of piperazine rings is 1. The highest BCUT2D eigenvalue weighted by molar-refractivity contribution is 7.14. The van der Waals surface area contributed by atoms with E-state index < -0.39 is 28.8 Å². The molecule has 1 saturated heterocycles. The fourth-order valence-electron chi connectivity index (χ4n) is 5.13. The van der Waals surface area contributed by atoms with E-state index in [0.29, 0.717) is 10.6 Å². The Morgan fingerprint density at radius 3 is 2.37 bits per heavy atom. The number of aromatic nitrogens is 2. The van der Waals surface area contributed by atoms with Crippen LogP contribution in [0.1, 0.15) is 46.8 Å². The zero-order valence-electron chi connectivity index (χ0n) is 25.0. The molecule has 0 radical (unpaired) electrons. The number of nitrogens with one attached hydrogen (secondary N) is 2. The molecule has 0 aliphatic carbocycles. The number of benzene rings is 2. The van der Waals surface area contributed by atoms with Crippen molar-refractivity contribution in [3.8, 4) is 11.3 Å². The van der Waals surface area contributed by atoms with E-state index in [1.807, 2.05) is 45.0 Å². The highest BCUT2D eigenvalue weighted by atomic mass is 32.1. The van der Waals surface area contributed by atoms with E-state index in [4.69, 9.17) is 0 Å². The van der Waals surface area contributed by atoms with Crippen LogP contribution in [-0.2, 0) is 13.5 Å². The first-order chi connectivity index (χ1) is 20.5. The van der Waals surface area contributed by atoms with E-state index in [1.165, 1.54) is 35.2 Å². The Bertz CT molecular complexity index is 1690. The molecule has 0 saturated carbocycles. The predicted octanol–water partition coefficient (Wildman–Crippen LogP) is 6.22. The van der Waals surface area contributed by atoms with Crippen molar-refractivity contribution in [2.75, 3.05) is 48.8 Å². The lowest BCUT2D eigenvalue weighted by Crippen LogP contribution is -2.44. The molecule has 4 aromatic rings.